The lowest BCUT2D eigenvalue weighted by molar-refractivity contribution is 0.464. The second kappa shape index (κ2) is 8.44. The standard InChI is InChI=1S/C19H23FN2O/c1-14(21-2)6-11-17-18(4-3-5-19(17)23)22-13-12-15-7-9-16(20)10-8-15/h3-5,7-10,13-14,21,23H,6,11-12H2,1-2H3/b22-13+. The molecule has 2 aromatic carbocycles. The summed E-state index contributed by atoms with van der Waals surface area (Å²) in [5.74, 6) is 0.0457. The Kier molecular flexibility index (Phi) is 6.29. The smallest absolute Gasteiger partial charge is 0.123 e. The molecule has 0 radical (unpaired) electrons. The Bertz CT molecular complexity index is 653. The number of phenolic OH excluding ortho intramolecular Hbond substituents is 1. The topological polar surface area (TPSA) is 44.6 Å². The van der Waals surface area contributed by atoms with E-state index in [2.05, 4.69) is 17.2 Å². The fraction of sp³-hybridized carbons (Fsp3) is 0.316. The van der Waals surface area contributed by atoms with Crippen LogP contribution in [0.2, 0.25) is 0 Å². The fourth-order valence-electron chi connectivity index (χ4n) is 2.31. The van der Waals surface area contributed by atoms with Gasteiger partial charge < -0.3 is 10.4 Å². The van der Waals surface area contributed by atoms with Crippen LogP contribution in [0.4, 0.5) is 10.1 Å². The van der Waals surface area contributed by atoms with Gasteiger partial charge in [-0.3, -0.25) is 4.99 Å². The quantitative estimate of drug-likeness (QED) is 0.758. The lowest BCUT2D eigenvalue weighted by Gasteiger charge is -2.12. The molecule has 0 saturated carbocycles. The maximum absolute atomic E-state index is 12.9. The lowest BCUT2D eigenvalue weighted by Crippen LogP contribution is -2.21. The van der Waals surface area contributed by atoms with E-state index in [1.807, 2.05) is 13.1 Å². The number of hydrogen-bond acceptors (Lipinski definition) is 3. The van der Waals surface area contributed by atoms with Gasteiger partial charge in [-0.25, -0.2) is 4.39 Å². The minimum atomic E-state index is -0.236. The highest BCUT2D eigenvalue weighted by Gasteiger charge is 2.08. The van der Waals surface area contributed by atoms with E-state index in [1.54, 1.807) is 30.5 Å². The number of rotatable bonds is 7. The van der Waals surface area contributed by atoms with Gasteiger partial charge in [-0.05, 0) is 56.6 Å². The summed E-state index contributed by atoms with van der Waals surface area (Å²) in [6, 6.07) is 12.2. The summed E-state index contributed by atoms with van der Waals surface area (Å²) in [4.78, 5) is 4.49. The predicted octanol–water partition coefficient (Wildman–Crippen LogP) is 4.02. The first kappa shape index (κ1) is 17.2. The molecule has 122 valence electrons. The highest BCUT2D eigenvalue weighted by atomic mass is 19.1. The molecular formula is C19H23FN2O. The number of phenols is 1. The Hall–Kier alpha value is -2.20. The predicted molar refractivity (Wildman–Crippen MR) is 93.2 cm³/mol. The number of benzene rings is 2. The van der Waals surface area contributed by atoms with Crippen molar-refractivity contribution < 1.29 is 9.50 Å². The molecule has 4 heteroatoms. The molecule has 0 heterocycles. The van der Waals surface area contributed by atoms with Gasteiger partial charge in [0.2, 0.25) is 0 Å². The van der Waals surface area contributed by atoms with E-state index in [9.17, 15) is 9.50 Å². The number of aromatic hydroxyl groups is 1. The normalized spacial score (nSPS) is 12.7. The van der Waals surface area contributed by atoms with E-state index >= 15 is 0 Å². The molecule has 0 aromatic heterocycles. The van der Waals surface area contributed by atoms with Crippen LogP contribution in [0.25, 0.3) is 0 Å². The third kappa shape index (κ3) is 5.18. The van der Waals surface area contributed by atoms with Crippen LogP contribution in [-0.4, -0.2) is 24.4 Å². The zero-order chi connectivity index (χ0) is 16.7. The van der Waals surface area contributed by atoms with Crippen LogP contribution in [0.5, 0.6) is 5.75 Å². The molecule has 1 atom stereocenters. The van der Waals surface area contributed by atoms with Crippen LogP contribution in [0.1, 0.15) is 24.5 Å². The monoisotopic (exact) mass is 314 g/mol. The van der Waals surface area contributed by atoms with Gasteiger partial charge in [0.25, 0.3) is 0 Å². The van der Waals surface area contributed by atoms with Gasteiger partial charge >= 0.3 is 0 Å². The Morgan fingerprint density at radius 3 is 2.65 bits per heavy atom. The highest BCUT2D eigenvalue weighted by molar-refractivity contribution is 5.68. The Balaban J connectivity index is 2.07. The number of nitrogens with one attached hydrogen (secondary N) is 1. The lowest BCUT2D eigenvalue weighted by atomic mass is 10.0. The second-order valence-electron chi connectivity index (χ2n) is 5.65. The van der Waals surface area contributed by atoms with Crippen LogP contribution in [0.3, 0.4) is 0 Å². The summed E-state index contributed by atoms with van der Waals surface area (Å²) in [7, 11) is 1.93. The number of halogens is 1. The minimum absolute atomic E-state index is 0.236. The molecule has 0 saturated heterocycles. The van der Waals surface area contributed by atoms with E-state index in [1.165, 1.54) is 12.1 Å². The highest BCUT2D eigenvalue weighted by Crippen LogP contribution is 2.29. The van der Waals surface area contributed by atoms with Crippen molar-refractivity contribution in [1.82, 2.24) is 5.32 Å². The first-order chi connectivity index (χ1) is 11.1. The molecule has 1 unspecified atom stereocenters. The van der Waals surface area contributed by atoms with Gasteiger partial charge in [0.1, 0.15) is 11.6 Å². The maximum atomic E-state index is 12.9. The number of nitrogens with zero attached hydrogens (tertiary/aromatic N) is 1. The molecule has 0 spiro atoms. The Morgan fingerprint density at radius 1 is 1.22 bits per heavy atom. The molecule has 0 aliphatic carbocycles. The summed E-state index contributed by atoms with van der Waals surface area (Å²) in [5, 5.41) is 13.3. The third-order valence-corrected chi connectivity index (χ3v) is 3.92. The summed E-state index contributed by atoms with van der Waals surface area (Å²) < 4.78 is 12.9. The first-order valence-corrected chi connectivity index (χ1v) is 7.85. The molecule has 0 aliphatic rings. The van der Waals surface area contributed by atoms with Crippen LogP contribution >= 0.6 is 0 Å². The Labute approximate surface area is 136 Å². The SMILES string of the molecule is CNC(C)CCc1c(O)cccc1/N=C/Cc1ccc(F)cc1. The van der Waals surface area contributed by atoms with Crippen molar-refractivity contribution in [2.24, 2.45) is 4.99 Å². The van der Waals surface area contributed by atoms with Gasteiger partial charge in [-0.15, -0.1) is 0 Å². The molecule has 0 bridgehead atoms. The molecule has 0 amide bonds. The van der Waals surface area contributed by atoms with Gasteiger partial charge in [0.15, 0.2) is 0 Å². The molecular weight excluding hydrogens is 291 g/mol. The van der Waals surface area contributed by atoms with E-state index in [0.717, 1.165) is 29.7 Å². The third-order valence-electron chi connectivity index (χ3n) is 3.92. The van der Waals surface area contributed by atoms with Crippen LogP contribution in [0, 0.1) is 5.82 Å². The van der Waals surface area contributed by atoms with Crippen molar-refractivity contribution in [3.8, 4) is 5.75 Å². The van der Waals surface area contributed by atoms with Crippen LogP contribution in [0.15, 0.2) is 47.5 Å². The van der Waals surface area contributed by atoms with Gasteiger partial charge in [-0.2, -0.15) is 0 Å². The van der Waals surface area contributed by atoms with E-state index in [-0.39, 0.29) is 11.6 Å². The van der Waals surface area contributed by atoms with Crippen molar-refractivity contribution in [2.75, 3.05) is 7.05 Å². The maximum Gasteiger partial charge on any atom is 0.123 e. The fourth-order valence-corrected chi connectivity index (χ4v) is 2.31. The van der Waals surface area contributed by atoms with Crippen molar-refractivity contribution in [1.29, 1.82) is 0 Å². The van der Waals surface area contributed by atoms with E-state index < -0.39 is 0 Å². The van der Waals surface area contributed by atoms with Crippen molar-refractivity contribution in [3.05, 3.63) is 59.4 Å². The zero-order valence-corrected chi connectivity index (χ0v) is 13.6. The van der Waals surface area contributed by atoms with E-state index in [4.69, 9.17) is 0 Å². The molecule has 23 heavy (non-hydrogen) atoms. The Morgan fingerprint density at radius 2 is 1.96 bits per heavy atom. The van der Waals surface area contributed by atoms with Crippen LogP contribution < -0.4 is 5.32 Å². The first-order valence-electron chi connectivity index (χ1n) is 7.85. The number of aliphatic imine (C=N–C) groups is 1. The van der Waals surface area contributed by atoms with Gasteiger partial charge in [-0.1, -0.05) is 18.2 Å². The minimum Gasteiger partial charge on any atom is -0.508 e. The largest absolute Gasteiger partial charge is 0.508 e. The second-order valence-corrected chi connectivity index (χ2v) is 5.65. The summed E-state index contributed by atoms with van der Waals surface area (Å²) in [6.45, 7) is 2.11. The summed E-state index contributed by atoms with van der Waals surface area (Å²) in [6.07, 6.45) is 4.11. The number of hydrogen-bond donors (Lipinski definition) is 2. The molecule has 2 N–H and O–H groups in total. The van der Waals surface area contributed by atoms with Crippen molar-refractivity contribution in [2.45, 2.75) is 32.2 Å². The average Bonchev–Trinajstić information content (AvgIpc) is 2.55. The van der Waals surface area contributed by atoms with E-state index in [0.29, 0.717) is 12.5 Å². The zero-order valence-electron chi connectivity index (χ0n) is 13.6. The van der Waals surface area contributed by atoms with Gasteiger partial charge in [0, 0.05) is 24.2 Å². The molecule has 2 rings (SSSR count). The van der Waals surface area contributed by atoms with Crippen LogP contribution in [-0.2, 0) is 12.8 Å². The molecule has 0 fully saturated rings. The molecule has 3 nitrogen and oxygen atoms in total. The van der Waals surface area contributed by atoms with Crippen molar-refractivity contribution >= 4 is 11.9 Å². The molecule has 0 aliphatic heterocycles. The van der Waals surface area contributed by atoms with Crippen molar-refractivity contribution in [3.63, 3.8) is 0 Å². The van der Waals surface area contributed by atoms with Gasteiger partial charge in [0.05, 0.1) is 5.69 Å². The summed E-state index contributed by atoms with van der Waals surface area (Å²) in [5.41, 5.74) is 2.65. The summed E-state index contributed by atoms with van der Waals surface area (Å²) >= 11 is 0. The molecule has 2 aromatic rings. The average molecular weight is 314 g/mol.